The largest absolute Gasteiger partial charge is 0.374 e. The maximum absolute atomic E-state index is 5.51. The Bertz CT molecular complexity index is 89.1. The maximum atomic E-state index is 5.51. The molecule has 0 saturated heterocycles. The van der Waals surface area contributed by atoms with E-state index in [0.29, 0.717) is 26.3 Å². The summed E-state index contributed by atoms with van der Waals surface area (Å²) in [6.45, 7) is 6.06. The minimum absolute atomic E-state index is 0.0695. The van der Waals surface area contributed by atoms with Gasteiger partial charge in [0.15, 0.2) is 0 Å². The molecule has 0 heterocycles. The van der Waals surface area contributed by atoms with Crippen LogP contribution in [0.2, 0.25) is 0 Å². The van der Waals surface area contributed by atoms with E-state index in [1.165, 1.54) is 0 Å². The average molecular weight is 176 g/mol. The van der Waals surface area contributed by atoms with Crippen molar-refractivity contribution >= 4 is 0 Å². The molecule has 0 saturated carbocycles. The van der Waals surface area contributed by atoms with Crippen LogP contribution in [0.5, 0.6) is 0 Å². The Morgan fingerprint density at radius 1 is 0.917 bits per heavy atom. The summed E-state index contributed by atoms with van der Waals surface area (Å²) in [5, 5.41) is 0. The van der Waals surface area contributed by atoms with Crippen LogP contribution >= 0.6 is 0 Å². The zero-order valence-electron chi connectivity index (χ0n) is 7.95. The molecule has 0 radical (unpaired) electrons. The van der Waals surface area contributed by atoms with E-state index in [1.807, 2.05) is 13.8 Å². The molecular formula is C8H20N2O2. The number of ether oxygens (including phenoxy) is 2. The molecule has 12 heavy (non-hydrogen) atoms. The van der Waals surface area contributed by atoms with Crippen LogP contribution in [0.3, 0.4) is 0 Å². The third kappa shape index (κ3) is 4.01. The summed E-state index contributed by atoms with van der Waals surface area (Å²) in [7, 11) is 0. The molecule has 0 aromatic rings. The van der Waals surface area contributed by atoms with Crippen molar-refractivity contribution in [1.29, 1.82) is 0 Å². The first-order valence-electron chi connectivity index (χ1n) is 4.43. The Kier molecular flexibility index (Phi) is 7.39. The average Bonchev–Trinajstić information content (AvgIpc) is 2.11. The molecule has 0 spiro atoms. The first kappa shape index (κ1) is 11.8. The fraction of sp³-hybridized carbons (Fsp3) is 1.00. The van der Waals surface area contributed by atoms with Crippen LogP contribution in [-0.2, 0) is 9.47 Å². The molecule has 0 aliphatic carbocycles. The summed E-state index contributed by atoms with van der Waals surface area (Å²) in [5.74, 6) is 0. The lowest BCUT2D eigenvalue weighted by atomic mass is 10.2. The Morgan fingerprint density at radius 2 is 1.25 bits per heavy atom. The maximum Gasteiger partial charge on any atom is 0.0970 e. The molecule has 2 atom stereocenters. The van der Waals surface area contributed by atoms with Gasteiger partial charge in [-0.05, 0) is 13.8 Å². The van der Waals surface area contributed by atoms with Crippen LogP contribution in [0.1, 0.15) is 13.8 Å². The normalized spacial score (nSPS) is 16.0. The fourth-order valence-corrected chi connectivity index (χ4v) is 1.08. The highest BCUT2D eigenvalue weighted by Gasteiger charge is 2.18. The summed E-state index contributed by atoms with van der Waals surface area (Å²) in [6.07, 6.45) is -0.139. The second-order valence-electron chi connectivity index (χ2n) is 2.46. The molecule has 0 aliphatic heterocycles. The van der Waals surface area contributed by atoms with Gasteiger partial charge in [0, 0.05) is 26.3 Å². The van der Waals surface area contributed by atoms with Crippen molar-refractivity contribution in [1.82, 2.24) is 0 Å². The molecule has 0 amide bonds. The zero-order chi connectivity index (χ0) is 9.40. The SMILES string of the molecule is CCOC(CN)C(CN)OCC. The molecule has 4 N–H and O–H groups in total. The van der Waals surface area contributed by atoms with Gasteiger partial charge in [0.1, 0.15) is 0 Å². The highest BCUT2D eigenvalue weighted by atomic mass is 16.5. The van der Waals surface area contributed by atoms with Gasteiger partial charge in [0.25, 0.3) is 0 Å². The molecule has 4 heteroatoms. The molecule has 74 valence electrons. The van der Waals surface area contributed by atoms with Gasteiger partial charge in [-0.15, -0.1) is 0 Å². The fourth-order valence-electron chi connectivity index (χ4n) is 1.08. The van der Waals surface area contributed by atoms with Crippen molar-refractivity contribution in [2.75, 3.05) is 26.3 Å². The molecule has 0 bridgehead atoms. The number of nitrogens with two attached hydrogens (primary N) is 2. The van der Waals surface area contributed by atoms with Crippen LogP contribution in [0.15, 0.2) is 0 Å². The van der Waals surface area contributed by atoms with E-state index >= 15 is 0 Å². The van der Waals surface area contributed by atoms with Crippen LogP contribution in [0.4, 0.5) is 0 Å². The van der Waals surface area contributed by atoms with Gasteiger partial charge < -0.3 is 20.9 Å². The first-order chi connectivity index (χ1) is 5.79. The quantitative estimate of drug-likeness (QED) is 0.559. The summed E-state index contributed by atoms with van der Waals surface area (Å²) in [5.41, 5.74) is 11.0. The van der Waals surface area contributed by atoms with E-state index in [2.05, 4.69) is 0 Å². The summed E-state index contributed by atoms with van der Waals surface area (Å²) in [4.78, 5) is 0. The number of hydrogen-bond acceptors (Lipinski definition) is 4. The Hall–Kier alpha value is -0.160. The van der Waals surface area contributed by atoms with Crippen molar-refractivity contribution in [2.24, 2.45) is 11.5 Å². The van der Waals surface area contributed by atoms with E-state index in [9.17, 15) is 0 Å². The lowest BCUT2D eigenvalue weighted by Crippen LogP contribution is -2.42. The topological polar surface area (TPSA) is 70.5 Å². The van der Waals surface area contributed by atoms with Crippen molar-refractivity contribution in [3.63, 3.8) is 0 Å². The Morgan fingerprint density at radius 3 is 1.42 bits per heavy atom. The molecule has 2 unspecified atom stereocenters. The molecule has 0 aromatic carbocycles. The third-order valence-electron chi connectivity index (χ3n) is 1.64. The lowest BCUT2D eigenvalue weighted by molar-refractivity contribution is -0.0575. The van der Waals surface area contributed by atoms with Crippen molar-refractivity contribution in [3.05, 3.63) is 0 Å². The van der Waals surface area contributed by atoms with Crippen molar-refractivity contribution in [3.8, 4) is 0 Å². The highest BCUT2D eigenvalue weighted by molar-refractivity contribution is 4.72. The first-order valence-corrected chi connectivity index (χ1v) is 4.43. The van der Waals surface area contributed by atoms with E-state index in [4.69, 9.17) is 20.9 Å². The predicted molar refractivity (Wildman–Crippen MR) is 48.9 cm³/mol. The van der Waals surface area contributed by atoms with Gasteiger partial charge in [0.2, 0.25) is 0 Å². The number of hydrogen-bond donors (Lipinski definition) is 2. The molecular weight excluding hydrogens is 156 g/mol. The Labute approximate surface area is 74.2 Å². The summed E-state index contributed by atoms with van der Waals surface area (Å²) < 4.78 is 10.7. The monoisotopic (exact) mass is 176 g/mol. The molecule has 4 nitrogen and oxygen atoms in total. The minimum atomic E-state index is -0.0695. The van der Waals surface area contributed by atoms with E-state index in [1.54, 1.807) is 0 Å². The second kappa shape index (κ2) is 7.49. The van der Waals surface area contributed by atoms with E-state index in [-0.39, 0.29) is 12.2 Å². The second-order valence-corrected chi connectivity index (χ2v) is 2.46. The smallest absolute Gasteiger partial charge is 0.0970 e. The van der Waals surface area contributed by atoms with Crippen LogP contribution in [0, 0.1) is 0 Å². The lowest BCUT2D eigenvalue weighted by Gasteiger charge is -2.24. The van der Waals surface area contributed by atoms with Crippen molar-refractivity contribution < 1.29 is 9.47 Å². The van der Waals surface area contributed by atoms with Crippen LogP contribution in [-0.4, -0.2) is 38.5 Å². The highest BCUT2D eigenvalue weighted by Crippen LogP contribution is 2.01. The number of rotatable bonds is 7. The van der Waals surface area contributed by atoms with Gasteiger partial charge in [-0.25, -0.2) is 0 Å². The van der Waals surface area contributed by atoms with E-state index < -0.39 is 0 Å². The molecule has 0 fully saturated rings. The van der Waals surface area contributed by atoms with Gasteiger partial charge in [0.05, 0.1) is 12.2 Å². The third-order valence-corrected chi connectivity index (χ3v) is 1.64. The van der Waals surface area contributed by atoms with Gasteiger partial charge >= 0.3 is 0 Å². The standard InChI is InChI=1S/C8H20N2O2/c1-3-11-7(5-9)8(6-10)12-4-2/h7-8H,3-6,9-10H2,1-2H3. The molecule has 0 aliphatic rings. The van der Waals surface area contributed by atoms with Gasteiger partial charge in [-0.3, -0.25) is 0 Å². The minimum Gasteiger partial charge on any atom is -0.374 e. The summed E-state index contributed by atoms with van der Waals surface area (Å²) in [6, 6.07) is 0. The van der Waals surface area contributed by atoms with Gasteiger partial charge in [-0.2, -0.15) is 0 Å². The van der Waals surface area contributed by atoms with Crippen LogP contribution in [0.25, 0.3) is 0 Å². The Balaban J connectivity index is 3.84. The molecule has 0 rings (SSSR count). The summed E-state index contributed by atoms with van der Waals surface area (Å²) >= 11 is 0. The van der Waals surface area contributed by atoms with Crippen LogP contribution < -0.4 is 11.5 Å². The predicted octanol–water partition coefficient (Wildman–Crippen LogP) is -0.286. The van der Waals surface area contributed by atoms with Crippen molar-refractivity contribution in [2.45, 2.75) is 26.1 Å². The van der Waals surface area contributed by atoms with E-state index in [0.717, 1.165) is 0 Å². The zero-order valence-corrected chi connectivity index (χ0v) is 7.95. The molecule has 0 aromatic heterocycles. The van der Waals surface area contributed by atoms with Gasteiger partial charge in [-0.1, -0.05) is 0 Å².